The Balaban J connectivity index is 2.12. The molecule has 1 rings (SSSR count). The summed E-state index contributed by atoms with van der Waals surface area (Å²) in [7, 11) is 0. The van der Waals surface area contributed by atoms with Gasteiger partial charge in [-0.15, -0.1) is 0 Å². The smallest absolute Gasteiger partial charge is 0.143 e. The normalized spacial score (nSPS) is 10.3. The number of ether oxygens (including phenoxy) is 1. The van der Waals surface area contributed by atoms with Crippen LogP contribution in [-0.2, 0) is 4.74 Å². The van der Waals surface area contributed by atoms with Crippen molar-refractivity contribution in [1.82, 2.24) is 9.97 Å². The van der Waals surface area contributed by atoms with Crippen molar-refractivity contribution in [3.05, 3.63) is 17.0 Å². The summed E-state index contributed by atoms with van der Waals surface area (Å²) in [5.41, 5.74) is 5.29. The molecule has 0 saturated carbocycles. The largest absolute Gasteiger partial charge is 0.380 e. The van der Waals surface area contributed by atoms with E-state index >= 15 is 0 Å². The highest BCUT2D eigenvalue weighted by atomic mass is 79.9. The molecule has 1 heterocycles. The number of rotatable bonds is 7. The molecule has 0 aliphatic heterocycles. The zero-order valence-corrected chi connectivity index (χ0v) is 10.0. The van der Waals surface area contributed by atoms with E-state index < -0.39 is 0 Å². The monoisotopic (exact) mass is 274 g/mol. The number of nitrogens with two attached hydrogens (primary N) is 1. The molecule has 5 nitrogen and oxygen atoms in total. The van der Waals surface area contributed by atoms with Crippen LogP contribution >= 0.6 is 15.9 Å². The van der Waals surface area contributed by atoms with Gasteiger partial charge in [0, 0.05) is 25.9 Å². The van der Waals surface area contributed by atoms with Gasteiger partial charge in [-0.1, -0.05) is 0 Å². The zero-order chi connectivity index (χ0) is 10.9. The zero-order valence-electron chi connectivity index (χ0n) is 8.45. The third-order valence-corrected chi connectivity index (χ3v) is 2.27. The van der Waals surface area contributed by atoms with Crippen molar-refractivity contribution in [2.75, 3.05) is 31.6 Å². The van der Waals surface area contributed by atoms with E-state index in [9.17, 15) is 0 Å². The summed E-state index contributed by atoms with van der Waals surface area (Å²) in [5, 5.41) is 3.18. The number of aromatic nitrogens is 2. The molecule has 0 amide bonds. The Morgan fingerprint density at radius 2 is 2.33 bits per heavy atom. The second-order valence-electron chi connectivity index (χ2n) is 2.90. The molecule has 0 aromatic carbocycles. The number of hydrogen-bond donors (Lipinski definition) is 2. The van der Waals surface area contributed by atoms with Crippen LogP contribution in [0.1, 0.15) is 6.42 Å². The molecule has 0 aliphatic carbocycles. The van der Waals surface area contributed by atoms with Crippen LogP contribution in [0.5, 0.6) is 0 Å². The van der Waals surface area contributed by atoms with Crippen molar-refractivity contribution in [3.8, 4) is 0 Å². The molecule has 0 radical (unpaired) electrons. The van der Waals surface area contributed by atoms with Gasteiger partial charge in [-0.3, -0.25) is 0 Å². The average Bonchev–Trinajstić information content (AvgIpc) is 2.25. The van der Waals surface area contributed by atoms with E-state index in [1.807, 2.05) is 0 Å². The predicted molar refractivity (Wildman–Crippen MR) is 62.7 cm³/mol. The highest BCUT2D eigenvalue weighted by Gasteiger charge is 1.98. The molecule has 0 fully saturated rings. The molecule has 0 aliphatic rings. The Morgan fingerprint density at radius 1 is 1.47 bits per heavy atom. The molecular formula is C9H15BrN4O. The van der Waals surface area contributed by atoms with Gasteiger partial charge in [0.25, 0.3) is 0 Å². The number of hydrogen-bond acceptors (Lipinski definition) is 5. The van der Waals surface area contributed by atoms with Crippen LogP contribution < -0.4 is 11.1 Å². The summed E-state index contributed by atoms with van der Waals surface area (Å²) < 4.78 is 6.11. The van der Waals surface area contributed by atoms with Crippen molar-refractivity contribution in [2.24, 2.45) is 5.73 Å². The first-order valence-corrected chi connectivity index (χ1v) is 5.61. The molecule has 6 heteroatoms. The highest BCUT2D eigenvalue weighted by molar-refractivity contribution is 9.10. The van der Waals surface area contributed by atoms with Crippen LogP contribution in [0, 0.1) is 0 Å². The number of nitrogens with one attached hydrogen (secondary N) is 1. The van der Waals surface area contributed by atoms with Gasteiger partial charge in [0.15, 0.2) is 0 Å². The lowest BCUT2D eigenvalue weighted by atomic mass is 10.4. The van der Waals surface area contributed by atoms with E-state index in [2.05, 4.69) is 31.2 Å². The first-order valence-electron chi connectivity index (χ1n) is 4.82. The van der Waals surface area contributed by atoms with E-state index in [1.54, 1.807) is 6.20 Å². The summed E-state index contributed by atoms with van der Waals surface area (Å²) in [6.45, 7) is 2.73. The van der Waals surface area contributed by atoms with E-state index in [4.69, 9.17) is 10.5 Å². The molecule has 0 saturated heterocycles. The van der Waals surface area contributed by atoms with Gasteiger partial charge >= 0.3 is 0 Å². The second kappa shape index (κ2) is 7.56. The van der Waals surface area contributed by atoms with Crippen molar-refractivity contribution < 1.29 is 4.74 Å². The van der Waals surface area contributed by atoms with Gasteiger partial charge in [0.2, 0.25) is 0 Å². The van der Waals surface area contributed by atoms with E-state index in [-0.39, 0.29) is 0 Å². The maximum absolute atomic E-state index is 5.29. The van der Waals surface area contributed by atoms with E-state index in [0.29, 0.717) is 19.8 Å². The Kier molecular flexibility index (Phi) is 6.22. The SMILES string of the molecule is NCCOCCCNc1ncncc1Br. The van der Waals surface area contributed by atoms with Gasteiger partial charge in [-0.25, -0.2) is 9.97 Å². The molecular weight excluding hydrogens is 260 g/mol. The highest BCUT2D eigenvalue weighted by Crippen LogP contribution is 2.16. The third kappa shape index (κ3) is 5.06. The Morgan fingerprint density at radius 3 is 3.07 bits per heavy atom. The lowest BCUT2D eigenvalue weighted by Gasteiger charge is -2.06. The Labute approximate surface area is 97.6 Å². The molecule has 0 atom stereocenters. The molecule has 3 N–H and O–H groups in total. The van der Waals surface area contributed by atoms with Gasteiger partial charge in [-0.2, -0.15) is 0 Å². The van der Waals surface area contributed by atoms with Gasteiger partial charge in [0.1, 0.15) is 12.1 Å². The molecule has 1 aromatic rings. The van der Waals surface area contributed by atoms with Gasteiger partial charge in [-0.05, 0) is 22.4 Å². The average molecular weight is 275 g/mol. The summed E-state index contributed by atoms with van der Waals surface area (Å²) >= 11 is 3.36. The van der Waals surface area contributed by atoms with E-state index in [0.717, 1.165) is 23.3 Å². The fourth-order valence-electron chi connectivity index (χ4n) is 1.01. The van der Waals surface area contributed by atoms with Gasteiger partial charge in [0.05, 0.1) is 11.1 Å². The van der Waals surface area contributed by atoms with Crippen LogP contribution in [-0.4, -0.2) is 36.3 Å². The van der Waals surface area contributed by atoms with Crippen LogP contribution in [0.3, 0.4) is 0 Å². The van der Waals surface area contributed by atoms with Crippen LogP contribution in [0.2, 0.25) is 0 Å². The number of halogens is 1. The topological polar surface area (TPSA) is 73.1 Å². The molecule has 0 spiro atoms. The first kappa shape index (κ1) is 12.4. The van der Waals surface area contributed by atoms with Crippen LogP contribution in [0.25, 0.3) is 0 Å². The fraction of sp³-hybridized carbons (Fsp3) is 0.556. The van der Waals surface area contributed by atoms with Crippen molar-refractivity contribution in [3.63, 3.8) is 0 Å². The quantitative estimate of drug-likeness (QED) is 0.727. The van der Waals surface area contributed by atoms with Gasteiger partial charge < -0.3 is 15.8 Å². The standard InChI is InChI=1S/C9H15BrN4O/c10-8-6-12-7-14-9(8)13-3-1-4-15-5-2-11/h6-7H,1-5,11H2,(H,12,13,14). The molecule has 15 heavy (non-hydrogen) atoms. The van der Waals surface area contributed by atoms with E-state index in [1.165, 1.54) is 6.33 Å². The lowest BCUT2D eigenvalue weighted by Crippen LogP contribution is -2.12. The minimum absolute atomic E-state index is 0.574. The molecule has 1 aromatic heterocycles. The first-order chi connectivity index (χ1) is 7.34. The molecule has 0 bridgehead atoms. The van der Waals surface area contributed by atoms with Crippen molar-refractivity contribution >= 4 is 21.7 Å². The second-order valence-corrected chi connectivity index (χ2v) is 3.75. The summed E-state index contributed by atoms with van der Waals surface area (Å²) in [4.78, 5) is 7.96. The molecule has 0 unspecified atom stereocenters. The van der Waals surface area contributed by atoms with Crippen LogP contribution in [0.4, 0.5) is 5.82 Å². The minimum Gasteiger partial charge on any atom is -0.380 e. The summed E-state index contributed by atoms with van der Waals surface area (Å²) in [6.07, 6.45) is 4.15. The molecule has 84 valence electrons. The predicted octanol–water partition coefficient (Wildman–Crippen LogP) is 1.02. The minimum atomic E-state index is 0.574. The third-order valence-electron chi connectivity index (χ3n) is 1.69. The lowest BCUT2D eigenvalue weighted by molar-refractivity contribution is 0.141. The maximum atomic E-state index is 5.29. The fourth-order valence-corrected chi connectivity index (χ4v) is 1.37. The Bertz CT molecular complexity index is 285. The van der Waals surface area contributed by atoms with Crippen LogP contribution in [0.15, 0.2) is 17.0 Å². The van der Waals surface area contributed by atoms with Crippen molar-refractivity contribution in [1.29, 1.82) is 0 Å². The summed E-state index contributed by atoms with van der Waals surface area (Å²) in [6, 6.07) is 0. The summed E-state index contributed by atoms with van der Waals surface area (Å²) in [5.74, 6) is 0.809. The number of anilines is 1. The van der Waals surface area contributed by atoms with Crippen molar-refractivity contribution in [2.45, 2.75) is 6.42 Å². The maximum Gasteiger partial charge on any atom is 0.143 e. The number of nitrogens with zero attached hydrogens (tertiary/aromatic N) is 2. The Hall–Kier alpha value is -0.720.